The zero-order chi connectivity index (χ0) is 23.8. The summed E-state index contributed by atoms with van der Waals surface area (Å²) in [6, 6.07) is 5.61. The van der Waals surface area contributed by atoms with Gasteiger partial charge in [-0.15, -0.1) is 0 Å². The smallest absolute Gasteiger partial charge is 0.338 e. The minimum absolute atomic E-state index is 0.0670. The van der Waals surface area contributed by atoms with Crippen molar-refractivity contribution in [3.05, 3.63) is 29.8 Å². The molecular weight excluding hydrogens is 446 g/mol. The second-order valence-corrected chi connectivity index (χ2v) is 10.6. The van der Waals surface area contributed by atoms with E-state index < -0.39 is 16.0 Å². The molecule has 0 bridgehead atoms. The van der Waals surface area contributed by atoms with E-state index in [9.17, 15) is 22.8 Å². The fourth-order valence-electron chi connectivity index (χ4n) is 4.24. The molecule has 9 nitrogen and oxygen atoms in total. The molecule has 1 aliphatic heterocycles. The van der Waals surface area contributed by atoms with E-state index in [-0.39, 0.29) is 48.0 Å². The zero-order valence-electron chi connectivity index (χ0n) is 19.1. The molecule has 0 radical (unpaired) electrons. The molecule has 0 aromatic heterocycles. The summed E-state index contributed by atoms with van der Waals surface area (Å²) in [5.41, 5.74) is 0.175. The van der Waals surface area contributed by atoms with E-state index in [0.717, 1.165) is 25.7 Å². The Hall–Kier alpha value is -2.46. The van der Waals surface area contributed by atoms with Gasteiger partial charge in [-0.2, -0.15) is 4.31 Å². The standard InChI is InChI=1S/C23H33N3O6S/c1-18(27)25-13-15-26(16-14-25)33(30,31)21-11-9-19(10-12-21)23(29)32-17-22(28)24-20-7-5-3-2-4-6-8-20/h9-12,20H,2-8,13-17H2,1H3,(H,24,28). The number of nitrogens with one attached hydrogen (secondary N) is 1. The van der Waals surface area contributed by atoms with Crippen molar-refractivity contribution < 1.29 is 27.5 Å². The number of hydrogen-bond acceptors (Lipinski definition) is 6. The number of hydrogen-bond donors (Lipinski definition) is 1. The molecular formula is C23H33N3O6S. The number of rotatable bonds is 6. The van der Waals surface area contributed by atoms with Gasteiger partial charge in [-0.05, 0) is 37.1 Å². The highest BCUT2D eigenvalue weighted by Crippen LogP contribution is 2.19. The Labute approximate surface area is 195 Å². The Bertz CT molecular complexity index is 931. The summed E-state index contributed by atoms with van der Waals surface area (Å²) in [7, 11) is -3.72. The number of amides is 2. The van der Waals surface area contributed by atoms with Crippen LogP contribution < -0.4 is 5.32 Å². The Morgan fingerprint density at radius 3 is 2.09 bits per heavy atom. The molecule has 0 unspecified atom stereocenters. The van der Waals surface area contributed by atoms with Crippen LogP contribution in [0.15, 0.2) is 29.2 Å². The molecule has 2 amide bonds. The van der Waals surface area contributed by atoms with Gasteiger partial charge in [-0.1, -0.05) is 32.1 Å². The summed E-state index contributed by atoms with van der Waals surface area (Å²) in [6.07, 6.45) is 7.68. The second-order valence-electron chi connectivity index (χ2n) is 8.62. The van der Waals surface area contributed by atoms with E-state index in [0.29, 0.717) is 13.1 Å². The van der Waals surface area contributed by atoms with Crippen LogP contribution in [-0.4, -0.2) is 74.2 Å². The Balaban J connectivity index is 1.50. The van der Waals surface area contributed by atoms with Gasteiger partial charge in [0.05, 0.1) is 10.5 Å². The lowest BCUT2D eigenvalue weighted by atomic mass is 9.97. The van der Waals surface area contributed by atoms with Crippen LogP contribution >= 0.6 is 0 Å². The predicted molar refractivity (Wildman–Crippen MR) is 122 cm³/mol. The van der Waals surface area contributed by atoms with Gasteiger partial charge in [0.25, 0.3) is 5.91 Å². The van der Waals surface area contributed by atoms with Crippen molar-refractivity contribution in [2.45, 2.75) is 62.8 Å². The monoisotopic (exact) mass is 479 g/mol. The van der Waals surface area contributed by atoms with Gasteiger partial charge in [0, 0.05) is 39.1 Å². The maximum atomic E-state index is 12.8. The summed E-state index contributed by atoms with van der Waals surface area (Å²) < 4.78 is 32.1. The molecule has 1 saturated heterocycles. The van der Waals surface area contributed by atoms with E-state index in [1.54, 1.807) is 4.90 Å². The van der Waals surface area contributed by atoms with Crippen molar-refractivity contribution in [3.8, 4) is 0 Å². The van der Waals surface area contributed by atoms with Gasteiger partial charge >= 0.3 is 5.97 Å². The van der Waals surface area contributed by atoms with Crippen molar-refractivity contribution >= 4 is 27.8 Å². The second kappa shape index (κ2) is 11.6. The third kappa shape index (κ3) is 7.01. The van der Waals surface area contributed by atoms with E-state index in [2.05, 4.69) is 5.32 Å². The van der Waals surface area contributed by atoms with Crippen LogP contribution in [-0.2, 0) is 24.3 Å². The minimum Gasteiger partial charge on any atom is -0.452 e. The highest BCUT2D eigenvalue weighted by atomic mass is 32.2. The van der Waals surface area contributed by atoms with Crippen molar-refractivity contribution in [3.63, 3.8) is 0 Å². The first-order valence-corrected chi connectivity index (χ1v) is 13.0. The van der Waals surface area contributed by atoms with Gasteiger partial charge in [-0.3, -0.25) is 9.59 Å². The van der Waals surface area contributed by atoms with Crippen molar-refractivity contribution in [1.29, 1.82) is 0 Å². The first-order valence-electron chi connectivity index (χ1n) is 11.6. The molecule has 10 heteroatoms. The van der Waals surface area contributed by atoms with E-state index >= 15 is 0 Å². The van der Waals surface area contributed by atoms with Gasteiger partial charge in [0.1, 0.15) is 0 Å². The normalized spacial score (nSPS) is 18.8. The summed E-state index contributed by atoms with van der Waals surface area (Å²) in [5, 5.41) is 2.94. The number of carbonyl (C=O) groups is 3. The molecule has 1 N–H and O–H groups in total. The third-order valence-corrected chi connectivity index (χ3v) is 8.13. The van der Waals surface area contributed by atoms with Crippen LogP contribution in [0.5, 0.6) is 0 Å². The minimum atomic E-state index is -3.72. The van der Waals surface area contributed by atoms with Crippen molar-refractivity contribution in [1.82, 2.24) is 14.5 Å². The maximum Gasteiger partial charge on any atom is 0.338 e. The van der Waals surface area contributed by atoms with Gasteiger partial charge in [0.15, 0.2) is 6.61 Å². The topological polar surface area (TPSA) is 113 Å². The first kappa shape index (κ1) is 25.2. The molecule has 33 heavy (non-hydrogen) atoms. The number of ether oxygens (including phenoxy) is 1. The van der Waals surface area contributed by atoms with Crippen LogP contribution in [0, 0.1) is 0 Å². The van der Waals surface area contributed by atoms with Crippen LogP contribution in [0.1, 0.15) is 62.2 Å². The SMILES string of the molecule is CC(=O)N1CCN(S(=O)(=O)c2ccc(C(=O)OCC(=O)NC3CCCCCCC3)cc2)CC1. The maximum absolute atomic E-state index is 12.8. The molecule has 1 saturated carbocycles. The summed E-state index contributed by atoms with van der Waals surface area (Å²) in [5.74, 6) is -1.08. The fraction of sp³-hybridized carbons (Fsp3) is 0.609. The van der Waals surface area contributed by atoms with Gasteiger partial charge < -0.3 is 15.0 Å². The van der Waals surface area contributed by atoms with E-state index in [1.807, 2.05) is 0 Å². The molecule has 2 fully saturated rings. The fourth-order valence-corrected chi connectivity index (χ4v) is 5.66. The Morgan fingerprint density at radius 2 is 1.52 bits per heavy atom. The molecule has 1 heterocycles. The van der Waals surface area contributed by atoms with E-state index in [1.165, 1.54) is 54.8 Å². The summed E-state index contributed by atoms with van der Waals surface area (Å²) >= 11 is 0. The number of esters is 1. The van der Waals surface area contributed by atoms with Crippen LogP contribution in [0.25, 0.3) is 0 Å². The molecule has 182 valence electrons. The zero-order valence-corrected chi connectivity index (χ0v) is 19.9. The Morgan fingerprint density at radius 1 is 0.939 bits per heavy atom. The van der Waals surface area contributed by atoms with Crippen molar-refractivity contribution in [2.24, 2.45) is 0 Å². The molecule has 0 atom stereocenters. The molecule has 0 spiro atoms. The lowest BCUT2D eigenvalue weighted by molar-refractivity contribution is -0.130. The van der Waals surface area contributed by atoms with Crippen molar-refractivity contribution in [2.75, 3.05) is 32.8 Å². The van der Waals surface area contributed by atoms with Crippen LogP contribution in [0.3, 0.4) is 0 Å². The summed E-state index contributed by atoms with van der Waals surface area (Å²) in [6.45, 7) is 2.24. The Kier molecular flexibility index (Phi) is 8.85. The average molecular weight is 480 g/mol. The molecule has 1 aromatic carbocycles. The average Bonchev–Trinajstić information content (AvgIpc) is 2.79. The van der Waals surface area contributed by atoms with Crippen LogP contribution in [0.2, 0.25) is 0 Å². The summed E-state index contributed by atoms with van der Waals surface area (Å²) in [4.78, 5) is 37.6. The van der Waals surface area contributed by atoms with Gasteiger partial charge in [-0.25, -0.2) is 13.2 Å². The molecule has 1 aliphatic carbocycles. The molecule has 2 aliphatic rings. The first-order chi connectivity index (χ1) is 15.8. The number of benzene rings is 1. The lowest BCUT2D eigenvalue weighted by Crippen LogP contribution is -2.49. The predicted octanol–water partition coefficient (Wildman–Crippen LogP) is 1.93. The number of carbonyl (C=O) groups excluding carboxylic acids is 3. The quantitative estimate of drug-likeness (QED) is 0.624. The highest BCUT2D eigenvalue weighted by Gasteiger charge is 2.29. The number of sulfonamides is 1. The number of nitrogens with zero attached hydrogens (tertiary/aromatic N) is 2. The van der Waals surface area contributed by atoms with Gasteiger partial charge in [0.2, 0.25) is 15.9 Å². The van der Waals surface area contributed by atoms with Crippen LogP contribution in [0.4, 0.5) is 0 Å². The van der Waals surface area contributed by atoms with E-state index in [4.69, 9.17) is 4.74 Å². The highest BCUT2D eigenvalue weighted by molar-refractivity contribution is 7.89. The largest absolute Gasteiger partial charge is 0.452 e. The number of piperazine rings is 1. The lowest BCUT2D eigenvalue weighted by Gasteiger charge is -2.33. The molecule has 1 aromatic rings. The molecule has 3 rings (SSSR count). The third-order valence-electron chi connectivity index (χ3n) is 6.22.